The van der Waals surface area contributed by atoms with Crippen LogP contribution in [0, 0.1) is 5.92 Å². The van der Waals surface area contributed by atoms with Crippen LogP contribution in [-0.4, -0.2) is 36.4 Å². The summed E-state index contributed by atoms with van der Waals surface area (Å²) in [5.41, 5.74) is 0.940. The minimum absolute atomic E-state index is 0.0896. The van der Waals surface area contributed by atoms with E-state index in [2.05, 4.69) is 12.2 Å². The monoisotopic (exact) mass is 372 g/mol. The summed E-state index contributed by atoms with van der Waals surface area (Å²) < 4.78 is 5.58. The maximum absolute atomic E-state index is 13.2. The summed E-state index contributed by atoms with van der Waals surface area (Å²) in [6.45, 7) is 2.81. The van der Waals surface area contributed by atoms with Gasteiger partial charge in [0, 0.05) is 24.6 Å². The quantitative estimate of drug-likeness (QED) is 0.791. The highest BCUT2D eigenvalue weighted by Gasteiger charge is 2.42. The number of hydrogen-bond donors (Lipinski definition) is 1. The summed E-state index contributed by atoms with van der Waals surface area (Å²) in [4.78, 5) is 27.8. The number of likely N-dealkylation sites (tertiary alicyclic amines) is 1. The number of piperidine rings is 1. The molecule has 1 N–H and O–H groups in total. The number of ether oxygens (including phenoxy) is 1. The lowest BCUT2D eigenvalue weighted by Gasteiger charge is -2.41. The molecule has 0 bridgehead atoms. The first-order valence-electron chi connectivity index (χ1n) is 10.4. The van der Waals surface area contributed by atoms with E-state index in [4.69, 9.17) is 4.74 Å². The number of benzene rings is 1. The molecule has 2 aliphatic rings. The fraction of sp³-hybridized carbons (Fsp3) is 0.636. The van der Waals surface area contributed by atoms with Crippen molar-refractivity contribution in [3.05, 3.63) is 29.8 Å². The third kappa shape index (κ3) is 4.45. The number of nitrogens with one attached hydrogen (secondary N) is 1. The average Bonchev–Trinajstić information content (AvgIpc) is 3.19. The van der Waals surface area contributed by atoms with Crippen molar-refractivity contribution in [2.24, 2.45) is 5.92 Å². The summed E-state index contributed by atoms with van der Waals surface area (Å²) in [5, 5.41) is 3.26. The Morgan fingerprint density at radius 2 is 1.96 bits per heavy atom. The van der Waals surface area contributed by atoms with Crippen molar-refractivity contribution in [3.63, 3.8) is 0 Å². The van der Waals surface area contributed by atoms with Crippen molar-refractivity contribution in [3.8, 4) is 5.75 Å². The molecule has 1 saturated heterocycles. The standard InChI is InChI=1S/C22H32N2O3/c1-3-4-15-24-20(25)14-13-18(22(26)23-16-9-5-6-10-16)21(24)17-11-7-8-12-19(17)27-2/h7-8,11-12,16,18,21H,3-6,9-10,13-15H2,1-2H3,(H,23,26). The van der Waals surface area contributed by atoms with Gasteiger partial charge in [0.2, 0.25) is 11.8 Å². The van der Waals surface area contributed by atoms with Crippen LogP contribution in [0.25, 0.3) is 0 Å². The van der Waals surface area contributed by atoms with Crippen LogP contribution in [0.5, 0.6) is 5.75 Å². The molecule has 5 nitrogen and oxygen atoms in total. The molecule has 0 aromatic heterocycles. The molecule has 3 rings (SSSR count). The van der Waals surface area contributed by atoms with E-state index in [9.17, 15) is 9.59 Å². The molecule has 0 radical (unpaired) electrons. The second-order valence-corrected chi connectivity index (χ2v) is 7.76. The predicted octanol–water partition coefficient (Wildman–Crippen LogP) is 3.83. The molecule has 2 fully saturated rings. The molecule has 5 heteroatoms. The number of carbonyl (C=O) groups excluding carboxylic acids is 2. The summed E-state index contributed by atoms with van der Waals surface area (Å²) in [5.74, 6) is 0.755. The molecule has 2 unspecified atom stereocenters. The topological polar surface area (TPSA) is 58.6 Å². The number of para-hydroxylation sites is 1. The number of nitrogens with zero attached hydrogens (tertiary/aromatic N) is 1. The van der Waals surface area contributed by atoms with Crippen molar-refractivity contribution in [2.45, 2.75) is 70.4 Å². The highest BCUT2D eigenvalue weighted by molar-refractivity contribution is 5.85. The van der Waals surface area contributed by atoms with Gasteiger partial charge in [0.1, 0.15) is 5.75 Å². The molecular weight excluding hydrogens is 340 g/mol. The van der Waals surface area contributed by atoms with Gasteiger partial charge in [-0.05, 0) is 31.7 Å². The maximum atomic E-state index is 13.2. The van der Waals surface area contributed by atoms with Crippen molar-refractivity contribution in [1.82, 2.24) is 10.2 Å². The minimum atomic E-state index is -0.254. The zero-order chi connectivity index (χ0) is 19.2. The van der Waals surface area contributed by atoms with Crippen LogP contribution >= 0.6 is 0 Å². The number of rotatable bonds is 7. The van der Waals surface area contributed by atoms with Crippen LogP contribution in [0.3, 0.4) is 0 Å². The summed E-state index contributed by atoms with van der Waals surface area (Å²) in [7, 11) is 1.65. The van der Waals surface area contributed by atoms with E-state index < -0.39 is 0 Å². The van der Waals surface area contributed by atoms with Gasteiger partial charge in [-0.3, -0.25) is 9.59 Å². The Bertz CT molecular complexity index is 655. The third-order valence-corrected chi connectivity index (χ3v) is 5.95. The molecule has 0 spiro atoms. The summed E-state index contributed by atoms with van der Waals surface area (Å²) in [6, 6.07) is 7.83. The number of carbonyl (C=O) groups is 2. The van der Waals surface area contributed by atoms with Crippen LogP contribution in [0.1, 0.15) is 69.9 Å². The molecule has 2 amide bonds. The van der Waals surface area contributed by atoms with Gasteiger partial charge in [-0.15, -0.1) is 0 Å². The zero-order valence-electron chi connectivity index (χ0n) is 16.6. The van der Waals surface area contributed by atoms with Gasteiger partial charge in [0.15, 0.2) is 0 Å². The normalized spacial score (nSPS) is 23.5. The van der Waals surface area contributed by atoms with Crippen molar-refractivity contribution >= 4 is 11.8 Å². The molecule has 27 heavy (non-hydrogen) atoms. The fourth-order valence-corrected chi connectivity index (χ4v) is 4.49. The Morgan fingerprint density at radius 3 is 2.67 bits per heavy atom. The number of methoxy groups -OCH3 is 1. The first-order chi connectivity index (χ1) is 13.2. The molecule has 1 aliphatic heterocycles. The Hall–Kier alpha value is -2.04. The summed E-state index contributed by atoms with van der Waals surface area (Å²) >= 11 is 0. The average molecular weight is 373 g/mol. The van der Waals surface area contributed by atoms with E-state index in [1.165, 1.54) is 12.8 Å². The molecule has 1 saturated carbocycles. The number of unbranched alkanes of at least 4 members (excludes halogenated alkanes) is 1. The van der Waals surface area contributed by atoms with Crippen LogP contribution in [0.4, 0.5) is 0 Å². The van der Waals surface area contributed by atoms with Crippen LogP contribution in [0.15, 0.2) is 24.3 Å². The second kappa shape index (κ2) is 9.25. The Balaban J connectivity index is 1.91. The third-order valence-electron chi connectivity index (χ3n) is 5.95. The van der Waals surface area contributed by atoms with Gasteiger partial charge in [-0.2, -0.15) is 0 Å². The highest BCUT2D eigenvalue weighted by atomic mass is 16.5. The van der Waals surface area contributed by atoms with E-state index in [0.29, 0.717) is 19.4 Å². The molecule has 2 atom stereocenters. The van der Waals surface area contributed by atoms with E-state index >= 15 is 0 Å². The smallest absolute Gasteiger partial charge is 0.225 e. The maximum Gasteiger partial charge on any atom is 0.225 e. The number of hydrogen-bond acceptors (Lipinski definition) is 3. The molecule has 148 valence electrons. The molecule has 1 aliphatic carbocycles. The fourth-order valence-electron chi connectivity index (χ4n) is 4.49. The molecular formula is C22H32N2O3. The lowest BCUT2D eigenvalue weighted by Crippen LogP contribution is -2.49. The first-order valence-corrected chi connectivity index (χ1v) is 10.4. The van der Waals surface area contributed by atoms with Crippen LogP contribution in [-0.2, 0) is 9.59 Å². The van der Waals surface area contributed by atoms with Crippen LogP contribution < -0.4 is 10.1 Å². The van der Waals surface area contributed by atoms with Gasteiger partial charge in [-0.1, -0.05) is 44.4 Å². The SMILES string of the molecule is CCCCN1C(=O)CCC(C(=O)NC2CCCC2)C1c1ccccc1OC. The van der Waals surface area contributed by atoms with E-state index in [0.717, 1.165) is 37.0 Å². The van der Waals surface area contributed by atoms with Crippen molar-refractivity contribution < 1.29 is 14.3 Å². The Morgan fingerprint density at radius 1 is 1.22 bits per heavy atom. The largest absolute Gasteiger partial charge is 0.496 e. The van der Waals surface area contributed by atoms with Gasteiger partial charge in [0.05, 0.1) is 19.1 Å². The first kappa shape index (κ1) is 19.7. The second-order valence-electron chi connectivity index (χ2n) is 7.76. The lowest BCUT2D eigenvalue weighted by atomic mass is 9.82. The van der Waals surface area contributed by atoms with Crippen LogP contribution in [0.2, 0.25) is 0 Å². The molecule has 1 aromatic rings. The van der Waals surface area contributed by atoms with Crippen molar-refractivity contribution in [1.29, 1.82) is 0 Å². The van der Waals surface area contributed by atoms with E-state index in [1.54, 1.807) is 7.11 Å². The highest BCUT2D eigenvalue weighted by Crippen LogP contribution is 2.41. The van der Waals surface area contributed by atoms with Crippen molar-refractivity contribution in [2.75, 3.05) is 13.7 Å². The minimum Gasteiger partial charge on any atom is -0.496 e. The summed E-state index contributed by atoms with van der Waals surface area (Å²) in [6.07, 6.45) is 7.50. The zero-order valence-corrected chi connectivity index (χ0v) is 16.6. The lowest BCUT2D eigenvalue weighted by molar-refractivity contribution is -0.143. The molecule has 1 heterocycles. The van der Waals surface area contributed by atoms with E-state index in [1.807, 2.05) is 29.2 Å². The van der Waals surface area contributed by atoms with Gasteiger partial charge < -0.3 is 15.0 Å². The Kier molecular flexibility index (Phi) is 6.75. The van der Waals surface area contributed by atoms with E-state index in [-0.39, 0.29) is 29.8 Å². The van der Waals surface area contributed by atoms with Gasteiger partial charge >= 0.3 is 0 Å². The van der Waals surface area contributed by atoms with Gasteiger partial charge in [0.25, 0.3) is 0 Å². The number of amides is 2. The Labute approximate surface area is 162 Å². The van der Waals surface area contributed by atoms with Gasteiger partial charge in [-0.25, -0.2) is 0 Å². The molecule has 1 aromatic carbocycles. The predicted molar refractivity (Wildman–Crippen MR) is 105 cm³/mol.